The lowest BCUT2D eigenvalue weighted by Crippen LogP contribution is -2.15. The van der Waals surface area contributed by atoms with Gasteiger partial charge in [0.05, 0.1) is 0 Å². The number of phenols is 1. The van der Waals surface area contributed by atoms with Crippen molar-refractivity contribution in [3.63, 3.8) is 0 Å². The molecule has 0 bridgehead atoms. The number of aromatic hydroxyl groups is 1. The molecule has 0 amide bonds. The van der Waals surface area contributed by atoms with E-state index in [9.17, 15) is 5.11 Å². The number of benzene rings is 2. The number of hydrogen-bond donors (Lipinski definition) is 2. The van der Waals surface area contributed by atoms with Crippen molar-refractivity contribution in [1.82, 2.24) is 0 Å². The Labute approximate surface area is 118 Å². The molecule has 1 heterocycles. The average Bonchev–Trinajstić information content (AvgIpc) is 2.48. The number of phenolic OH excluding ortho intramolecular Hbond substituents is 1. The molecular weight excluding hydrogens is 254 g/mol. The van der Waals surface area contributed by atoms with Gasteiger partial charge in [-0.05, 0) is 36.2 Å². The van der Waals surface area contributed by atoms with E-state index >= 15 is 0 Å². The van der Waals surface area contributed by atoms with Gasteiger partial charge in [0.2, 0.25) is 0 Å². The minimum atomic E-state index is 0.303. The van der Waals surface area contributed by atoms with Crippen molar-refractivity contribution in [2.45, 2.75) is 13.5 Å². The second-order valence-electron chi connectivity index (χ2n) is 4.83. The third-order valence-corrected chi connectivity index (χ3v) is 3.31. The third-order valence-electron chi connectivity index (χ3n) is 3.31. The van der Waals surface area contributed by atoms with Gasteiger partial charge in [-0.25, -0.2) is 0 Å². The summed E-state index contributed by atoms with van der Waals surface area (Å²) < 4.78 is 11.0. The molecule has 0 atom stereocenters. The van der Waals surface area contributed by atoms with Gasteiger partial charge in [0, 0.05) is 18.3 Å². The molecule has 1 aliphatic heterocycles. The first-order valence-electron chi connectivity index (χ1n) is 6.64. The van der Waals surface area contributed by atoms with E-state index in [4.69, 9.17) is 9.47 Å². The van der Waals surface area contributed by atoms with E-state index in [-0.39, 0.29) is 0 Å². The molecule has 0 aliphatic carbocycles. The molecule has 104 valence electrons. The van der Waals surface area contributed by atoms with E-state index in [1.165, 1.54) is 0 Å². The van der Waals surface area contributed by atoms with E-state index in [1.54, 1.807) is 6.07 Å². The molecule has 4 heteroatoms. The van der Waals surface area contributed by atoms with Crippen LogP contribution in [0, 0.1) is 6.92 Å². The summed E-state index contributed by atoms with van der Waals surface area (Å²) in [5.41, 5.74) is 2.87. The molecule has 2 aromatic rings. The van der Waals surface area contributed by atoms with Crippen LogP contribution in [0.25, 0.3) is 0 Å². The molecule has 3 rings (SSSR count). The molecule has 0 saturated heterocycles. The van der Waals surface area contributed by atoms with Crippen LogP contribution < -0.4 is 14.8 Å². The summed E-state index contributed by atoms with van der Waals surface area (Å²) in [4.78, 5) is 0. The molecule has 1 aliphatic rings. The number of hydrogen-bond acceptors (Lipinski definition) is 4. The molecule has 0 fully saturated rings. The average molecular weight is 271 g/mol. The largest absolute Gasteiger partial charge is 0.508 e. The Morgan fingerprint density at radius 3 is 2.65 bits per heavy atom. The maximum Gasteiger partial charge on any atom is 0.161 e. The number of ether oxygens (including phenoxy) is 2. The smallest absolute Gasteiger partial charge is 0.161 e. The Morgan fingerprint density at radius 1 is 1.05 bits per heavy atom. The fourth-order valence-electron chi connectivity index (χ4n) is 2.12. The number of aryl methyl sites for hydroxylation is 1. The van der Waals surface area contributed by atoms with E-state index in [0.717, 1.165) is 28.3 Å². The minimum Gasteiger partial charge on any atom is -0.508 e. The predicted octanol–water partition coefficient (Wildman–Crippen LogP) is 3.08. The van der Waals surface area contributed by atoms with Gasteiger partial charge in [0.25, 0.3) is 0 Å². The lowest BCUT2D eigenvalue weighted by atomic mass is 10.1. The maximum atomic E-state index is 9.68. The van der Waals surface area contributed by atoms with Crippen LogP contribution in [-0.4, -0.2) is 18.3 Å². The SMILES string of the molecule is Cc1ccc(NCc2ccc3c(c2)OCCO3)cc1O. The molecule has 0 radical (unpaired) electrons. The Hall–Kier alpha value is -2.36. The Balaban J connectivity index is 1.70. The van der Waals surface area contributed by atoms with Gasteiger partial charge in [-0.2, -0.15) is 0 Å². The fourth-order valence-corrected chi connectivity index (χ4v) is 2.12. The van der Waals surface area contributed by atoms with Gasteiger partial charge in [-0.3, -0.25) is 0 Å². The summed E-state index contributed by atoms with van der Waals surface area (Å²) in [5, 5.41) is 13.0. The quantitative estimate of drug-likeness (QED) is 0.900. The zero-order valence-corrected chi connectivity index (χ0v) is 11.3. The van der Waals surface area contributed by atoms with Gasteiger partial charge in [0.1, 0.15) is 19.0 Å². The van der Waals surface area contributed by atoms with Crippen molar-refractivity contribution < 1.29 is 14.6 Å². The van der Waals surface area contributed by atoms with Crippen LogP contribution in [-0.2, 0) is 6.54 Å². The lowest BCUT2D eigenvalue weighted by Gasteiger charge is -2.19. The van der Waals surface area contributed by atoms with Gasteiger partial charge in [0.15, 0.2) is 11.5 Å². The van der Waals surface area contributed by atoms with E-state index in [1.807, 2.05) is 37.3 Å². The van der Waals surface area contributed by atoms with Crippen LogP contribution in [0.15, 0.2) is 36.4 Å². The highest BCUT2D eigenvalue weighted by molar-refractivity contribution is 5.52. The summed E-state index contributed by atoms with van der Waals surface area (Å²) in [6, 6.07) is 11.5. The standard InChI is InChI=1S/C16H17NO3/c1-11-2-4-13(9-14(11)18)17-10-12-3-5-15-16(8-12)20-7-6-19-15/h2-5,8-9,17-18H,6-7,10H2,1H3. The van der Waals surface area contributed by atoms with Gasteiger partial charge < -0.3 is 19.9 Å². The van der Waals surface area contributed by atoms with Crippen LogP contribution in [0.4, 0.5) is 5.69 Å². The first-order valence-corrected chi connectivity index (χ1v) is 6.64. The van der Waals surface area contributed by atoms with Crippen molar-refractivity contribution in [2.75, 3.05) is 18.5 Å². The highest BCUT2D eigenvalue weighted by Gasteiger charge is 2.11. The monoisotopic (exact) mass is 271 g/mol. The number of rotatable bonds is 3. The second kappa shape index (κ2) is 5.33. The number of fused-ring (bicyclic) bond motifs is 1. The Morgan fingerprint density at radius 2 is 1.85 bits per heavy atom. The molecular formula is C16H17NO3. The molecule has 0 unspecified atom stereocenters. The highest BCUT2D eigenvalue weighted by atomic mass is 16.6. The Kier molecular flexibility index (Phi) is 3.37. The predicted molar refractivity (Wildman–Crippen MR) is 77.6 cm³/mol. The summed E-state index contributed by atoms with van der Waals surface area (Å²) >= 11 is 0. The maximum absolute atomic E-state index is 9.68. The van der Waals surface area contributed by atoms with Crippen molar-refractivity contribution in [1.29, 1.82) is 0 Å². The van der Waals surface area contributed by atoms with E-state index in [0.29, 0.717) is 25.5 Å². The van der Waals surface area contributed by atoms with Gasteiger partial charge >= 0.3 is 0 Å². The first-order chi connectivity index (χ1) is 9.72. The summed E-state index contributed by atoms with van der Waals surface area (Å²) in [5.74, 6) is 1.90. The van der Waals surface area contributed by atoms with E-state index < -0.39 is 0 Å². The molecule has 0 saturated carbocycles. The van der Waals surface area contributed by atoms with E-state index in [2.05, 4.69) is 5.32 Å². The van der Waals surface area contributed by atoms with Crippen molar-refractivity contribution in [2.24, 2.45) is 0 Å². The van der Waals surface area contributed by atoms with Crippen LogP contribution >= 0.6 is 0 Å². The normalized spacial score (nSPS) is 13.1. The third kappa shape index (κ3) is 2.64. The number of nitrogens with one attached hydrogen (secondary N) is 1. The molecule has 4 nitrogen and oxygen atoms in total. The zero-order valence-electron chi connectivity index (χ0n) is 11.3. The van der Waals surface area contributed by atoms with Crippen molar-refractivity contribution >= 4 is 5.69 Å². The van der Waals surface area contributed by atoms with Crippen LogP contribution in [0.5, 0.6) is 17.2 Å². The van der Waals surface area contributed by atoms with Crippen molar-refractivity contribution in [3.05, 3.63) is 47.5 Å². The zero-order chi connectivity index (χ0) is 13.9. The Bertz CT molecular complexity index is 625. The second-order valence-corrected chi connectivity index (χ2v) is 4.83. The fraction of sp³-hybridized carbons (Fsp3) is 0.250. The topological polar surface area (TPSA) is 50.7 Å². The minimum absolute atomic E-state index is 0.303. The highest BCUT2D eigenvalue weighted by Crippen LogP contribution is 2.31. The van der Waals surface area contributed by atoms with Crippen LogP contribution in [0.2, 0.25) is 0 Å². The lowest BCUT2D eigenvalue weighted by molar-refractivity contribution is 0.171. The van der Waals surface area contributed by atoms with Gasteiger partial charge in [-0.15, -0.1) is 0 Å². The van der Waals surface area contributed by atoms with Crippen LogP contribution in [0.3, 0.4) is 0 Å². The van der Waals surface area contributed by atoms with Crippen LogP contribution in [0.1, 0.15) is 11.1 Å². The number of anilines is 1. The molecule has 2 aromatic carbocycles. The molecule has 2 N–H and O–H groups in total. The summed E-state index contributed by atoms with van der Waals surface area (Å²) in [6.07, 6.45) is 0. The molecule has 0 aromatic heterocycles. The summed E-state index contributed by atoms with van der Waals surface area (Å²) in [6.45, 7) is 3.74. The summed E-state index contributed by atoms with van der Waals surface area (Å²) in [7, 11) is 0. The first kappa shape index (κ1) is 12.7. The molecule has 20 heavy (non-hydrogen) atoms. The van der Waals surface area contributed by atoms with Gasteiger partial charge in [-0.1, -0.05) is 12.1 Å². The molecule has 0 spiro atoms. The van der Waals surface area contributed by atoms with Crippen molar-refractivity contribution in [3.8, 4) is 17.2 Å².